The van der Waals surface area contributed by atoms with Gasteiger partial charge < -0.3 is 10.5 Å². The quantitative estimate of drug-likeness (QED) is 0.804. The number of hydrogen-bond acceptors (Lipinski definition) is 4. The normalized spacial score (nSPS) is 10.7. The van der Waals surface area contributed by atoms with Crippen molar-refractivity contribution in [2.45, 2.75) is 13.5 Å². The molecule has 0 aliphatic carbocycles. The Morgan fingerprint density at radius 3 is 2.70 bits per heavy atom. The van der Waals surface area contributed by atoms with E-state index in [-0.39, 0.29) is 29.3 Å². The fourth-order valence-corrected chi connectivity index (χ4v) is 2.31. The monoisotopic (exact) mass is 307 g/mol. The van der Waals surface area contributed by atoms with Crippen molar-refractivity contribution in [3.8, 4) is 5.75 Å². The minimum Gasteiger partial charge on any atom is -0.481 e. The van der Waals surface area contributed by atoms with Crippen LogP contribution < -0.4 is 16.0 Å². The Balaban J connectivity index is 2.09. The molecule has 0 bridgehead atoms. The highest BCUT2D eigenvalue weighted by Gasteiger charge is 2.15. The van der Waals surface area contributed by atoms with Crippen LogP contribution in [0.25, 0.3) is 11.3 Å². The molecule has 0 fully saturated rings. The van der Waals surface area contributed by atoms with Gasteiger partial charge in [-0.05, 0) is 24.1 Å². The second-order valence-electron chi connectivity index (χ2n) is 5.33. The maximum atomic E-state index is 12.7. The van der Waals surface area contributed by atoms with Gasteiger partial charge in [-0.1, -0.05) is 43.0 Å². The van der Waals surface area contributed by atoms with Gasteiger partial charge in [0.05, 0.1) is 5.70 Å². The number of hydrogen-bond donors (Lipinski definition) is 1. The lowest BCUT2D eigenvalue weighted by atomic mass is 10.2. The summed E-state index contributed by atoms with van der Waals surface area (Å²) in [5.74, 6) is 0.115. The largest absolute Gasteiger partial charge is 0.481 e. The Kier molecular flexibility index (Phi) is 3.85. The van der Waals surface area contributed by atoms with Gasteiger partial charge in [0.25, 0.3) is 0 Å². The molecular formula is C18H17N3O2. The lowest BCUT2D eigenvalue weighted by molar-refractivity contribution is 0.299. The molecule has 0 amide bonds. The highest BCUT2D eigenvalue weighted by molar-refractivity contribution is 5.64. The van der Waals surface area contributed by atoms with Crippen LogP contribution in [-0.2, 0) is 6.61 Å². The predicted octanol–water partition coefficient (Wildman–Crippen LogP) is 2.51. The number of aromatic nitrogens is 2. The molecule has 3 rings (SSSR count). The fraction of sp³-hybridized carbons (Fsp3) is 0.111. The summed E-state index contributed by atoms with van der Waals surface area (Å²) in [5, 5.41) is 0. The second-order valence-corrected chi connectivity index (χ2v) is 5.33. The van der Waals surface area contributed by atoms with Gasteiger partial charge in [0, 0.05) is 6.20 Å². The van der Waals surface area contributed by atoms with E-state index < -0.39 is 0 Å². The summed E-state index contributed by atoms with van der Waals surface area (Å²) < 4.78 is 7.19. The standard InChI is InChI=1S/C18H17N3O2/c1-12-8-9-15-20-16(13(2)19)17(18(22)21(15)10-12)23-11-14-6-4-3-5-7-14/h3-10H,2,11,19H2,1H3. The molecule has 3 aromatic rings. The first-order valence-electron chi connectivity index (χ1n) is 7.21. The Bertz CT molecular complexity index is 930. The van der Waals surface area contributed by atoms with Crippen molar-refractivity contribution in [2.75, 3.05) is 0 Å². The van der Waals surface area contributed by atoms with Crippen molar-refractivity contribution in [1.29, 1.82) is 0 Å². The van der Waals surface area contributed by atoms with Gasteiger partial charge in [-0.2, -0.15) is 0 Å². The smallest absolute Gasteiger partial charge is 0.301 e. The van der Waals surface area contributed by atoms with Gasteiger partial charge in [-0.3, -0.25) is 9.20 Å². The van der Waals surface area contributed by atoms with Crippen LogP contribution in [0.3, 0.4) is 0 Å². The number of pyridine rings is 1. The maximum Gasteiger partial charge on any atom is 0.301 e. The molecule has 5 heteroatoms. The van der Waals surface area contributed by atoms with Crippen LogP contribution in [0, 0.1) is 6.92 Å². The third-order valence-corrected chi connectivity index (χ3v) is 3.46. The van der Waals surface area contributed by atoms with Crippen molar-refractivity contribution in [3.05, 3.63) is 82.4 Å². The van der Waals surface area contributed by atoms with Crippen LogP contribution in [0.2, 0.25) is 0 Å². The Morgan fingerprint density at radius 2 is 2.00 bits per heavy atom. The second kappa shape index (κ2) is 5.96. The van der Waals surface area contributed by atoms with E-state index in [0.717, 1.165) is 11.1 Å². The van der Waals surface area contributed by atoms with Gasteiger partial charge in [-0.25, -0.2) is 4.98 Å². The molecule has 2 heterocycles. The maximum absolute atomic E-state index is 12.7. The molecular weight excluding hydrogens is 290 g/mol. The number of rotatable bonds is 4. The minimum atomic E-state index is -0.295. The molecule has 0 spiro atoms. The topological polar surface area (TPSA) is 69.6 Å². The molecule has 23 heavy (non-hydrogen) atoms. The van der Waals surface area contributed by atoms with E-state index in [0.29, 0.717) is 5.65 Å². The minimum absolute atomic E-state index is 0.115. The number of nitrogens with zero attached hydrogens (tertiary/aromatic N) is 2. The zero-order valence-corrected chi connectivity index (χ0v) is 12.8. The SMILES string of the molecule is C=C(N)c1nc2ccc(C)cn2c(=O)c1OCc1ccccc1. The van der Waals surface area contributed by atoms with Gasteiger partial charge in [0.15, 0.2) is 0 Å². The molecule has 0 aliphatic rings. The van der Waals surface area contributed by atoms with E-state index in [1.54, 1.807) is 12.3 Å². The molecule has 0 unspecified atom stereocenters. The summed E-state index contributed by atoms with van der Waals surface area (Å²) >= 11 is 0. The van der Waals surface area contributed by atoms with E-state index in [2.05, 4.69) is 11.6 Å². The number of fused-ring (bicyclic) bond motifs is 1. The van der Waals surface area contributed by atoms with E-state index in [1.807, 2.05) is 43.3 Å². The average molecular weight is 307 g/mol. The van der Waals surface area contributed by atoms with E-state index >= 15 is 0 Å². The lowest BCUT2D eigenvalue weighted by Gasteiger charge is -2.12. The summed E-state index contributed by atoms with van der Waals surface area (Å²) in [6, 6.07) is 13.2. The zero-order chi connectivity index (χ0) is 16.4. The van der Waals surface area contributed by atoms with Crippen LogP contribution in [-0.4, -0.2) is 9.38 Å². The zero-order valence-electron chi connectivity index (χ0n) is 12.8. The third kappa shape index (κ3) is 2.94. The van der Waals surface area contributed by atoms with Gasteiger partial charge in [0.2, 0.25) is 5.75 Å². The first-order valence-corrected chi connectivity index (χ1v) is 7.21. The Hall–Kier alpha value is -3.08. The molecule has 1 aromatic carbocycles. The third-order valence-electron chi connectivity index (χ3n) is 3.46. The van der Waals surface area contributed by atoms with Gasteiger partial charge in [0.1, 0.15) is 17.9 Å². The highest BCUT2D eigenvalue weighted by atomic mass is 16.5. The highest BCUT2D eigenvalue weighted by Crippen LogP contribution is 2.18. The average Bonchev–Trinajstić information content (AvgIpc) is 2.55. The molecule has 0 atom stereocenters. The van der Waals surface area contributed by atoms with E-state index in [1.165, 1.54) is 4.40 Å². The molecule has 5 nitrogen and oxygen atoms in total. The summed E-state index contributed by atoms with van der Waals surface area (Å²) in [4.78, 5) is 17.1. The van der Waals surface area contributed by atoms with E-state index in [9.17, 15) is 4.79 Å². The molecule has 116 valence electrons. The van der Waals surface area contributed by atoms with Crippen molar-refractivity contribution < 1.29 is 4.74 Å². The van der Waals surface area contributed by atoms with Crippen molar-refractivity contribution in [2.24, 2.45) is 5.73 Å². The summed E-state index contributed by atoms with van der Waals surface area (Å²) in [6.07, 6.45) is 1.73. The number of ether oxygens (including phenoxy) is 1. The van der Waals surface area contributed by atoms with Crippen LogP contribution in [0.5, 0.6) is 5.75 Å². The summed E-state index contributed by atoms with van der Waals surface area (Å²) in [5.41, 5.74) is 8.40. The summed E-state index contributed by atoms with van der Waals surface area (Å²) in [6.45, 7) is 5.86. The van der Waals surface area contributed by atoms with Crippen LogP contribution in [0.1, 0.15) is 16.8 Å². The predicted molar refractivity (Wildman–Crippen MR) is 90.2 cm³/mol. The Labute approximate surface area is 133 Å². The van der Waals surface area contributed by atoms with Crippen LogP contribution >= 0.6 is 0 Å². The molecule has 0 aliphatic heterocycles. The Morgan fingerprint density at radius 1 is 1.26 bits per heavy atom. The lowest BCUT2D eigenvalue weighted by Crippen LogP contribution is -2.21. The van der Waals surface area contributed by atoms with Gasteiger partial charge >= 0.3 is 5.56 Å². The van der Waals surface area contributed by atoms with Crippen LogP contribution in [0.15, 0.2) is 60.0 Å². The summed E-state index contributed by atoms with van der Waals surface area (Å²) in [7, 11) is 0. The number of aryl methyl sites for hydroxylation is 1. The first-order chi connectivity index (χ1) is 11.1. The van der Waals surface area contributed by atoms with Gasteiger partial charge in [-0.15, -0.1) is 0 Å². The molecule has 0 radical (unpaired) electrons. The van der Waals surface area contributed by atoms with Crippen molar-refractivity contribution >= 4 is 11.3 Å². The number of nitrogens with two attached hydrogens (primary N) is 1. The molecule has 2 N–H and O–H groups in total. The molecule has 0 saturated carbocycles. The molecule has 2 aromatic heterocycles. The first kappa shape index (κ1) is 14.8. The van der Waals surface area contributed by atoms with E-state index in [4.69, 9.17) is 10.5 Å². The molecule has 0 saturated heterocycles. The van der Waals surface area contributed by atoms with Crippen molar-refractivity contribution in [1.82, 2.24) is 9.38 Å². The van der Waals surface area contributed by atoms with Crippen LogP contribution in [0.4, 0.5) is 0 Å². The fourth-order valence-electron chi connectivity index (χ4n) is 2.31. The van der Waals surface area contributed by atoms with Crippen molar-refractivity contribution in [3.63, 3.8) is 0 Å². The number of benzene rings is 1.